The van der Waals surface area contributed by atoms with E-state index < -0.39 is 0 Å². The fraction of sp³-hybridized carbons (Fsp3) is 0.182. The highest BCUT2D eigenvalue weighted by Gasteiger charge is 2.12. The van der Waals surface area contributed by atoms with Crippen molar-refractivity contribution in [2.24, 2.45) is 5.73 Å². The molecule has 0 saturated carbocycles. The molecule has 0 aliphatic rings. The number of primary amides is 1. The Morgan fingerprint density at radius 3 is 2.93 bits per heavy atom. The number of fused-ring (bicyclic) bond motifs is 1. The standard InChI is InChI=1S/C11H12N3O/c1-7(6-10(12)15)11-13-8-4-2-3-5-9(8)14-11/h2-5,7H,1,6H2,(H2,12,15)(H,13,14). The van der Waals surface area contributed by atoms with E-state index in [0.717, 1.165) is 11.0 Å². The first-order chi connectivity index (χ1) is 7.16. The number of hydrogen-bond donors (Lipinski definition) is 2. The monoisotopic (exact) mass is 202 g/mol. The number of nitrogens with zero attached hydrogens (tertiary/aromatic N) is 1. The van der Waals surface area contributed by atoms with Crippen molar-refractivity contribution in [1.29, 1.82) is 0 Å². The molecule has 1 amide bonds. The van der Waals surface area contributed by atoms with Gasteiger partial charge in [-0.25, -0.2) is 4.98 Å². The number of para-hydroxylation sites is 2. The summed E-state index contributed by atoms with van der Waals surface area (Å²) >= 11 is 0. The molecule has 0 bridgehead atoms. The van der Waals surface area contributed by atoms with Crippen LogP contribution in [0.2, 0.25) is 0 Å². The predicted molar refractivity (Wildman–Crippen MR) is 58.0 cm³/mol. The molecule has 0 aliphatic carbocycles. The number of imidazole rings is 1. The second-order valence-electron chi connectivity index (χ2n) is 3.51. The van der Waals surface area contributed by atoms with Crippen LogP contribution in [0, 0.1) is 6.92 Å². The first-order valence-electron chi connectivity index (χ1n) is 4.73. The van der Waals surface area contributed by atoms with Gasteiger partial charge in [-0.05, 0) is 19.1 Å². The minimum Gasteiger partial charge on any atom is -0.370 e. The van der Waals surface area contributed by atoms with Crippen molar-refractivity contribution >= 4 is 16.9 Å². The number of nitrogens with one attached hydrogen (secondary N) is 1. The second-order valence-corrected chi connectivity index (χ2v) is 3.51. The number of H-pyrrole nitrogens is 1. The predicted octanol–water partition coefficient (Wildman–Crippen LogP) is 1.36. The van der Waals surface area contributed by atoms with Crippen molar-refractivity contribution in [2.75, 3.05) is 0 Å². The van der Waals surface area contributed by atoms with Crippen LogP contribution in [0.1, 0.15) is 18.2 Å². The number of rotatable bonds is 3. The number of aromatic nitrogens is 2. The number of amides is 1. The highest BCUT2D eigenvalue weighted by Crippen LogP contribution is 2.18. The summed E-state index contributed by atoms with van der Waals surface area (Å²) in [6, 6.07) is 7.69. The molecule has 2 rings (SSSR count). The number of carbonyl (C=O) groups is 1. The Morgan fingerprint density at radius 1 is 1.53 bits per heavy atom. The fourth-order valence-electron chi connectivity index (χ4n) is 1.51. The molecule has 0 saturated heterocycles. The number of hydrogen-bond acceptors (Lipinski definition) is 2. The molecule has 0 fully saturated rings. The quantitative estimate of drug-likeness (QED) is 0.788. The molecule has 0 spiro atoms. The lowest BCUT2D eigenvalue weighted by molar-refractivity contribution is -0.118. The van der Waals surface area contributed by atoms with Crippen molar-refractivity contribution in [3.8, 4) is 0 Å². The van der Waals surface area contributed by atoms with Gasteiger partial charge in [0.05, 0.1) is 11.0 Å². The Kier molecular flexibility index (Phi) is 2.41. The van der Waals surface area contributed by atoms with E-state index >= 15 is 0 Å². The summed E-state index contributed by atoms with van der Waals surface area (Å²) in [4.78, 5) is 18.2. The molecule has 2 aromatic rings. The lowest BCUT2D eigenvalue weighted by Crippen LogP contribution is -2.14. The molecule has 1 atom stereocenters. The van der Waals surface area contributed by atoms with Gasteiger partial charge in [-0.2, -0.15) is 0 Å². The summed E-state index contributed by atoms with van der Waals surface area (Å²) in [5.74, 6) is 0.125. The molecule has 1 unspecified atom stereocenters. The third-order valence-electron chi connectivity index (χ3n) is 2.24. The number of carbonyl (C=O) groups excluding carboxylic acids is 1. The Morgan fingerprint density at radius 2 is 2.27 bits per heavy atom. The third kappa shape index (κ3) is 1.98. The number of nitrogens with two attached hydrogens (primary N) is 1. The van der Waals surface area contributed by atoms with Gasteiger partial charge in [0, 0.05) is 12.3 Å². The van der Waals surface area contributed by atoms with E-state index in [1.807, 2.05) is 24.3 Å². The molecule has 77 valence electrons. The zero-order valence-corrected chi connectivity index (χ0v) is 8.23. The average molecular weight is 202 g/mol. The van der Waals surface area contributed by atoms with E-state index in [1.54, 1.807) is 0 Å². The van der Waals surface area contributed by atoms with Gasteiger partial charge in [-0.15, -0.1) is 0 Å². The molecular formula is C11H12N3O. The third-order valence-corrected chi connectivity index (χ3v) is 2.24. The smallest absolute Gasteiger partial charge is 0.218 e. The Bertz CT molecular complexity index is 456. The van der Waals surface area contributed by atoms with Crippen LogP contribution >= 0.6 is 0 Å². The van der Waals surface area contributed by atoms with E-state index in [4.69, 9.17) is 5.73 Å². The van der Waals surface area contributed by atoms with Gasteiger partial charge in [0.25, 0.3) is 0 Å². The molecule has 15 heavy (non-hydrogen) atoms. The van der Waals surface area contributed by atoms with Crippen LogP contribution in [0.15, 0.2) is 24.3 Å². The average Bonchev–Trinajstić information content (AvgIpc) is 2.59. The highest BCUT2D eigenvalue weighted by molar-refractivity contribution is 5.76. The maximum atomic E-state index is 10.7. The van der Waals surface area contributed by atoms with Crippen molar-refractivity contribution in [1.82, 2.24) is 9.97 Å². The van der Waals surface area contributed by atoms with E-state index in [2.05, 4.69) is 16.9 Å². The SMILES string of the molecule is [CH2]C(CC(N)=O)c1nc2ccccc2[nH]1. The van der Waals surface area contributed by atoms with Gasteiger partial charge in [0.15, 0.2) is 0 Å². The van der Waals surface area contributed by atoms with Gasteiger partial charge in [-0.3, -0.25) is 4.79 Å². The molecule has 4 nitrogen and oxygen atoms in total. The largest absolute Gasteiger partial charge is 0.370 e. The maximum Gasteiger partial charge on any atom is 0.218 e. The van der Waals surface area contributed by atoms with Crippen molar-refractivity contribution in [3.63, 3.8) is 0 Å². The molecule has 4 heteroatoms. The lowest BCUT2D eigenvalue weighted by atomic mass is 10.1. The molecular weight excluding hydrogens is 190 g/mol. The van der Waals surface area contributed by atoms with E-state index in [-0.39, 0.29) is 18.2 Å². The van der Waals surface area contributed by atoms with Crippen LogP contribution in [0.4, 0.5) is 0 Å². The summed E-state index contributed by atoms with van der Waals surface area (Å²) in [6.07, 6.45) is 0.208. The zero-order valence-electron chi connectivity index (χ0n) is 8.23. The van der Waals surface area contributed by atoms with Gasteiger partial charge in [0.1, 0.15) is 5.82 Å². The molecule has 0 aliphatic heterocycles. The normalized spacial score (nSPS) is 12.9. The zero-order chi connectivity index (χ0) is 10.8. The van der Waals surface area contributed by atoms with Crippen LogP contribution in [0.25, 0.3) is 11.0 Å². The summed E-state index contributed by atoms with van der Waals surface area (Å²) in [6.45, 7) is 3.85. The summed E-state index contributed by atoms with van der Waals surface area (Å²) < 4.78 is 0. The van der Waals surface area contributed by atoms with E-state index in [1.165, 1.54) is 0 Å². The first-order valence-corrected chi connectivity index (χ1v) is 4.73. The molecule has 1 radical (unpaired) electrons. The van der Waals surface area contributed by atoms with Gasteiger partial charge < -0.3 is 10.7 Å². The fourth-order valence-corrected chi connectivity index (χ4v) is 1.51. The molecule has 1 heterocycles. The first kappa shape index (κ1) is 9.71. The summed E-state index contributed by atoms with van der Waals surface area (Å²) in [5.41, 5.74) is 6.93. The highest BCUT2D eigenvalue weighted by atomic mass is 16.1. The minimum absolute atomic E-state index is 0.208. The summed E-state index contributed by atoms with van der Waals surface area (Å²) in [5, 5.41) is 0. The van der Waals surface area contributed by atoms with Crippen molar-refractivity contribution < 1.29 is 4.79 Å². The molecule has 3 N–H and O–H groups in total. The Balaban J connectivity index is 2.32. The number of aromatic amines is 1. The number of benzene rings is 1. The molecule has 1 aromatic carbocycles. The minimum atomic E-state index is -0.365. The molecule has 1 aromatic heterocycles. The van der Waals surface area contributed by atoms with Crippen LogP contribution < -0.4 is 5.73 Å². The van der Waals surface area contributed by atoms with E-state index in [0.29, 0.717) is 5.82 Å². The van der Waals surface area contributed by atoms with Crippen molar-refractivity contribution in [2.45, 2.75) is 12.3 Å². The second kappa shape index (κ2) is 3.73. The van der Waals surface area contributed by atoms with Crippen LogP contribution in [0.5, 0.6) is 0 Å². The van der Waals surface area contributed by atoms with Crippen molar-refractivity contribution in [3.05, 3.63) is 37.0 Å². The van der Waals surface area contributed by atoms with Crippen LogP contribution in [0.3, 0.4) is 0 Å². The van der Waals surface area contributed by atoms with Crippen LogP contribution in [-0.4, -0.2) is 15.9 Å². The van der Waals surface area contributed by atoms with Gasteiger partial charge in [-0.1, -0.05) is 12.1 Å². The topological polar surface area (TPSA) is 71.8 Å². The van der Waals surface area contributed by atoms with Gasteiger partial charge in [0.2, 0.25) is 5.91 Å². The van der Waals surface area contributed by atoms with Crippen LogP contribution in [-0.2, 0) is 4.79 Å². The van der Waals surface area contributed by atoms with E-state index in [9.17, 15) is 4.79 Å². The lowest BCUT2D eigenvalue weighted by Gasteiger charge is -2.03. The maximum absolute atomic E-state index is 10.7. The Hall–Kier alpha value is -1.84. The van der Waals surface area contributed by atoms with Gasteiger partial charge >= 0.3 is 0 Å². The Labute approximate surface area is 87.5 Å². The summed E-state index contributed by atoms with van der Waals surface area (Å²) in [7, 11) is 0.